The smallest absolute Gasteiger partial charge is 0.192 e. The van der Waals surface area contributed by atoms with Crippen molar-refractivity contribution in [2.45, 2.75) is 156 Å². The van der Waals surface area contributed by atoms with E-state index >= 15 is 0 Å². The van der Waals surface area contributed by atoms with Gasteiger partial charge in [0.05, 0.1) is 6.10 Å². The topological polar surface area (TPSA) is 29.5 Å². The Labute approximate surface area is 233 Å². The second-order valence-electron chi connectivity index (χ2n) is 16.7. The first-order valence-electron chi connectivity index (χ1n) is 16.5. The van der Waals surface area contributed by atoms with Crippen LogP contribution in [-0.2, 0) is 4.43 Å². The molecule has 4 heteroatoms. The number of hydrogen-bond acceptors (Lipinski definition) is 2. The van der Waals surface area contributed by atoms with Gasteiger partial charge in [0.2, 0.25) is 0 Å². The van der Waals surface area contributed by atoms with E-state index in [0.717, 1.165) is 36.0 Å². The number of fused-ring (bicyclic) bond motifs is 5. The summed E-state index contributed by atoms with van der Waals surface area (Å²) in [5.74, 6) is 5.29. The van der Waals surface area contributed by atoms with Gasteiger partial charge in [-0.05, 0) is 116 Å². The van der Waals surface area contributed by atoms with Gasteiger partial charge in [0, 0.05) is 6.10 Å². The Balaban J connectivity index is 1.43. The Hall–Kier alpha value is 0.202. The lowest BCUT2D eigenvalue weighted by Crippen LogP contribution is -2.55. The summed E-state index contributed by atoms with van der Waals surface area (Å²) in [6.45, 7) is 22.2. The van der Waals surface area contributed by atoms with E-state index < -0.39 is 8.32 Å². The Kier molecular flexibility index (Phi) is 8.87. The lowest BCUT2D eigenvalue weighted by Gasteiger charge is -2.61. The van der Waals surface area contributed by atoms with E-state index in [4.69, 9.17) is 4.43 Å². The van der Waals surface area contributed by atoms with Crippen LogP contribution in [0.1, 0.15) is 119 Å². The van der Waals surface area contributed by atoms with Crippen LogP contribution in [0.25, 0.3) is 0 Å². The molecule has 0 spiro atoms. The maximum Gasteiger partial charge on any atom is 0.192 e. The zero-order chi connectivity index (χ0) is 27.4. The molecule has 0 unspecified atom stereocenters. The van der Waals surface area contributed by atoms with Crippen molar-refractivity contribution in [3.63, 3.8) is 0 Å². The van der Waals surface area contributed by atoms with Crippen molar-refractivity contribution in [2.75, 3.05) is 0 Å². The highest BCUT2D eigenvalue weighted by Crippen LogP contribution is 2.68. The van der Waals surface area contributed by atoms with Gasteiger partial charge < -0.3 is 9.53 Å². The number of aliphatic hydroxyl groups is 1. The molecular formula is C33H63BO2Si. The molecule has 0 aromatic rings. The fourth-order valence-electron chi connectivity index (χ4n) is 10.2. The van der Waals surface area contributed by atoms with Crippen LogP contribution in [0.3, 0.4) is 0 Å². The molecule has 1 N–H and O–H groups in total. The standard InChI is InChI=1S/C33H63BO2Si/c1-22(21-34)11-10-12-23(2)30-29(35)20-28-26-14-13-24-19-25(36-37(8,9)31(3,4)5)15-17-32(24,6)27(26)16-18-33(28,30)7/h22-30,35H,10-21,34H2,1-9H3/t22-,23-,24+,25+,26-,27+,28+,29+,30+,32+,33+/m1/s1. The van der Waals surface area contributed by atoms with Crippen molar-refractivity contribution >= 4 is 16.2 Å². The zero-order valence-electron chi connectivity index (χ0n) is 26.5. The molecule has 4 saturated carbocycles. The highest BCUT2D eigenvalue weighted by atomic mass is 28.4. The second kappa shape index (κ2) is 10.9. The molecule has 4 aliphatic rings. The molecule has 0 bridgehead atoms. The molecule has 4 aliphatic carbocycles. The third kappa shape index (κ3) is 5.57. The molecule has 0 amide bonds. The van der Waals surface area contributed by atoms with E-state index in [-0.39, 0.29) is 6.10 Å². The van der Waals surface area contributed by atoms with Crippen molar-refractivity contribution in [3.05, 3.63) is 0 Å². The number of hydrogen-bond donors (Lipinski definition) is 1. The molecule has 0 aromatic heterocycles. The normalized spacial score (nSPS) is 44.0. The van der Waals surface area contributed by atoms with Crippen molar-refractivity contribution in [1.29, 1.82) is 0 Å². The van der Waals surface area contributed by atoms with Gasteiger partial charge in [0.25, 0.3) is 0 Å². The van der Waals surface area contributed by atoms with Crippen molar-refractivity contribution < 1.29 is 9.53 Å². The van der Waals surface area contributed by atoms with E-state index in [0.29, 0.717) is 33.8 Å². The van der Waals surface area contributed by atoms with Gasteiger partial charge >= 0.3 is 0 Å². The van der Waals surface area contributed by atoms with Gasteiger partial charge in [-0.3, -0.25) is 0 Å². The Morgan fingerprint density at radius 1 is 0.946 bits per heavy atom. The van der Waals surface area contributed by atoms with Crippen molar-refractivity contribution in [1.82, 2.24) is 0 Å². The van der Waals surface area contributed by atoms with E-state index in [1.807, 2.05) is 0 Å². The minimum absolute atomic E-state index is 0.0772. The quantitative estimate of drug-likeness (QED) is 0.319. The molecule has 0 radical (unpaired) electrons. The second-order valence-corrected chi connectivity index (χ2v) is 21.5. The first-order chi connectivity index (χ1) is 17.1. The fraction of sp³-hybridized carbons (Fsp3) is 1.00. The van der Waals surface area contributed by atoms with Crippen LogP contribution in [0.5, 0.6) is 0 Å². The fourth-order valence-corrected chi connectivity index (χ4v) is 11.6. The van der Waals surface area contributed by atoms with Gasteiger partial charge in [-0.2, -0.15) is 0 Å². The minimum Gasteiger partial charge on any atom is -0.414 e. The van der Waals surface area contributed by atoms with Gasteiger partial charge in [-0.25, -0.2) is 0 Å². The van der Waals surface area contributed by atoms with Crippen LogP contribution in [0, 0.1) is 52.3 Å². The lowest BCUT2D eigenvalue weighted by atomic mass is 9.44. The highest BCUT2D eigenvalue weighted by Gasteiger charge is 2.63. The molecule has 2 nitrogen and oxygen atoms in total. The molecule has 37 heavy (non-hydrogen) atoms. The van der Waals surface area contributed by atoms with Crippen LogP contribution in [0.15, 0.2) is 0 Å². The largest absolute Gasteiger partial charge is 0.414 e. The predicted molar refractivity (Wildman–Crippen MR) is 164 cm³/mol. The van der Waals surface area contributed by atoms with Crippen molar-refractivity contribution in [2.24, 2.45) is 52.3 Å². The predicted octanol–water partition coefficient (Wildman–Crippen LogP) is 8.50. The molecule has 0 aliphatic heterocycles. The highest BCUT2D eigenvalue weighted by molar-refractivity contribution is 6.74. The molecule has 11 atom stereocenters. The van der Waals surface area contributed by atoms with Gasteiger partial charge in [-0.15, -0.1) is 0 Å². The maximum absolute atomic E-state index is 11.5. The summed E-state index contributed by atoms with van der Waals surface area (Å²) in [6.07, 6.45) is 16.3. The minimum atomic E-state index is -1.71. The average Bonchev–Trinajstić information content (AvgIpc) is 3.08. The molecule has 214 valence electrons. The van der Waals surface area contributed by atoms with Crippen molar-refractivity contribution in [3.8, 4) is 0 Å². The molecule has 4 rings (SSSR count). The Bertz CT molecular complexity index is 779. The molecule has 4 fully saturated rings. The van der Waals surface area contributed by atoms with E-state index in [1.54, 1.807) is 0 Å². The Morgan fingerprint density at radius 3 is 2.27 bits per heavy atom. The Morgan fingerprint density at radius 2 is 1.62 bits per heavy atom. The first-order valence-corrected chi connectivity index (χ1v) is 19.4. The van der Waals surface area contributed by atoms with Crippen LogP contribution >= 0.6 is 0 Å². The third-order valence-electron chi connectivity index (χ3n) is 13.7. The van der Waals surface area contributed by atoms with E-state index in [9.17, 15) is 5.11 Å². The summed E-state index contributed by atoms with van der Waals surface area (Å²) < 4.78 is 6.97. The average molecular weight is 531 g/mol. The van der Waals surface area contributed by atoms with Gasteiger partial charge in [-0.1, -0.05) is 80.0 Å². The summed E-state index contributed by atoms with van der Waals surface area (Å²) >= 11 is 0. The maximum atomic E-state index is 11.5. The SMILES string of the molecule is BC[C@H](C)CCC[C@@H](C)[C@H]1[C@@H](O)C[C@H]2[C@@H]3CC[C@H]4C[C@@H](O[Si](C)(C)C(C)(C)C)CC[C@]4(C)[C@H]3CC[C@]12C. The van der Waals surface area contributed by atoms with Crippen LogP contribution in [0.2, 0.25) is 24.5 Å². The summed E-state index contributed by atoms with van der Waals surface area (Å²) in [5, 5.41) is 11.8. The molecule has 0 heterocycles. The van der Waals surface area contributed by atoms with Crippen LogP contribution in [0.4, 0.5) is 0 Å². The first kappa shape index (κ1) is 30.2. The molecule has 0 aromatic carbocycles. The van der Waals surface area contributed by atoms with E-state index in [1.165, 1.54) is 70.5 Å². The number of aliphatic hydroxyl groups excluding tert-OH is 1. The summed E-state index contributed by atoms with van der Waals surface area (Å²) in [7, 11) is 0.614. The number of rotatable bonds is 8. The molecule has 0 saturated heterocycles. The summed E-state index contributed by atoms with van der Waals surface area (Å²) in [4.78, 5) is 0. The zero-order valence-corrected chi connectivity index (χ0v) is 27.5. The van der Waals surface area contributed by atoms with E-state index in [2.05, 4.69) is 69.4 Å². The molecular weight excluding hydrogens is 467 g/mol. The monoisotopic (exact) mass is 530 g/mol. The lowest BCUT2D eigenvalue weighted by molar-refractivity contribution is -0.128. The third-order valence-corrected chi connectivity index (χ3v) is 18.2. The van der Waals surface area contributed by atoms with Crippen LogP contribution in [-0.4, -0.2) is 33.5 Å². The summed E-state index contributed by atoms with van der Waals surface area (Å²) in [6, 6.07) is 0. The van der Waals surface area contributed by atoms with Gasteiger partial charge in [0.15, 0.2) is 8.32 Å². The van der Waals surface area contributed by atoms with Crippen LogP contribution < -0.4 is 0 Å². The summed E-state index contributed by atoms with van der Waals surface area (Å²) in [5.41, 5.74) is 0.838. The van der Waals surface area contributed by atoms with Gasteiger partial charge in [0.1, 0.15) is 7.85 Å².